The minimum atomic E-state index is -0.207. The highest BCUT2D eigenvalue weighted by atomic mass is 16.5. The maximum absolute atomic E-state index is 12.5. The van der Waals surface area contributed by atoms with E-state index in [9.17, 15) is 9.59 Å². The third-order valence-corrected chi connectivity index (χ3v) is 3.19. The van der Waals surface area contributed by atoms with Crippen molar-refractivity contribution in [1.29, 1.82) is 0 Å². The molecule has 0 bridgehead atoms. The second kappa shape index (κ2) is 6.27. The van der Waals surface area contributed by atoms with Crippen molar-refractivity contribution >= 4 is 11.8 Å². The summed E-state index contributed by atoms with van der Waals surface area (Å²) >= 11 is 0. The molecule has 2 amide bonds. The number of nitrogens with one attached hydrogen (secondary N) is 1. The van der Waals surface area contributed by atoms with Crippen molar-refractivity contribution in [3.63, 3.8) is 0 Å². The van der Waals surface area contributed by atoms with Crippen molar-refractivity contribution in [1.82, 2.24) is 10.2 Å². The average Bonchev–Trinajstić information content (AvgIpc) is 2.70. The van der Waals surface area contributed by atoms with Gasteiger partial charge in [0.25, 0.3) is 5.91 Å². The Morgan fingerprint density at radius 3 is 2.80 bits per heavy atom. The van der Waals surface area contributed by atoms with Crippen molar-refractivity contribution < 1.29 is 19.1 Å². The molecule has 2 rings (SSSR count). The first kappa shape index (κ1) is 14.2. The van der Waals surface area contributed by atoms with Crippen molar-refractivity contribution in [2.75, 3.05) is 33.9 Å². The standard InChI is InChI=1S/C14H18N2O4/c1-19-10-4-5-11(12(8-10)20-2)14(18)16-7-3-6-15-13(17)9-16/h4-5,8H,3,6-7,9H2,1-2H3,(H,15,17). The van der Waals surface area contributed by atoms with Crippen molar-refractivity contribution in [3.05, 3.63) is 23.8 Å². The fourth-order valence-corrected chi connectivity index (χ4v) is 2.12. The van der Waals surface area contributed by atoms with Crippen LogP contribution in [0.4, 0.5) is 0 Å². The lowest BCUT2D eigenvalue weighted by Gasteiger charge is -2.20. The SMILES string of the molecule is COc1ccc(C(=O)N2CCCNC(=O)C2)c(OC)c1. The van der Waals surface area contributed by atoms with Gasteiger partial charge in [-0.05, 0) is 18.6 Å². The second-order valence-electron chi connectivity index (χ2n) is 4.50. The van der Waals surface area contributed by atoms with Crippen LogP contribution in [0.15, 0.2) is 18.2 Å². The smallest absolute Gasteiger partial charge is 0.258 e. The topological polar surface area (TPSA) is 67.9 Å². The van der Waals surface area contributed by atoms with Crippen LogP contribution in [-0.4, -0.2) is 50.6 Å². The van der Waals surface area contributed by atoms with Crippen LogP contribution >= 0.6 is 0 Å². The Bertz CT molecular complexity index is 516. The fourth-order valence-electron chi connectivity index (χ4n) is 2.12. The van der Waals surface area contributed by atoms with Gasteiger partial charge in [-0.25, -0.2) is 0 Å². The van der Waals surface area contributed by atoms with Gasteiger partial charge in [0.05, 0.1) is 26.3 Å². The molecule has 0 saturated carbocycles. The van der Waals surface area contributed by atoms with Crippen LogP contribution in [0, 0.1) is 0 Å². The Kier molecular flexibility index (Phi) is 4.45. The summed E-state index contributed by atoms with van der Waals surface area (Å²) < 4.78 is 10.3. The first-order valence-corrected chi connectivity index (χ1v) is 6.43. The van der Waals surface area contributed by atoms with E-state index in [4.69, 9.17) is 9.47 Å². The van der Waals surface area contributed by atoms with Gasteiger partial charge in [0.1, 0.15) is 11.5 Å². The van der Waals surface area contributed by atoms with Crippen molar-refractivity contribution in [3.8, 4) is 11.5 Å². The molecule has 6 heteroatoms. The lowest BCUT2D eigenvalue weighted by Crippen LogP contribution is -2.37. The lowest BCUT2D eigenvalue weighted by atomic mass is 10.1. The van der Waals surface area contributed by atoms with Crippen LogP contribution in [0.25, 0.3) is 0 Å². The van der Waals surface area contributed by atoms with E-state index in [1.54, 1.807) is 25.3 Å². The van der Waals surface area contributed by atoms with Crippen LogP contribution in [0.2, 0.25) is 0 Å². The van der Waals surface area contributed by atoms with Gasteiger partial charge in [-0.3, -0.25) is 9.59 Å². The number of amides is 2. The third kappa shape index (κ3) is 3.01. The molecule has 1 fully saturated rings. The largest absolute Gasteiger partial charge is 0.497 e. The molecule has 20 heavy (non-hydrogen) atoms. The predicted molar refractivity (Wildman–Crippen MR) is 73.1 cm³/mol. The van der Waals surface area contributed by atoms with Gasteiger partial charge in [0.2, 0.25) is 5.91 Å². The first-order valence-electron chi connectivity index (χ1n) is 6.43. The van der Waals surface area contributed by atoms with E-state index in [2.05, 4.69) is 5.32 Å². The molecule has 108 valence electrons. The maximum atomic E-state index is 12.5. The molecule has 0 atom stereocenters. The summed E-state index contributed by atoms with van der Waals surface area (Å²) in [4.78, 5) is 25.6. The zero-order valence-electron chi connectivity index (χ0n) is 11.6. The molecule has 0 unspecified atom stereocenters. The molecule has 1 aliphatic rings. The highest BCUT2D eigenvalue weighted by molar-refractivity contribution is 5.99. The Hall–Kier alpha value is -2.24. The highest BCUT2D eigenvalue weighted by Gasteiger charge is 2.23. The zero-order valence-corrected chi connectivity index (χ0v) is 11.6. The fraction of sp³-hybridized carbons (Fsp3) is 0.429. The number of methoxy groups -OCH3 is 2. The minimum absolute atomic E-state index is 0.0774. The van der Waals surface area contributed by atoms with Gasteiger partial charge >= 0.3 is 0 Å². The van der Waals surface area contributed by atoms with Crippen LogP contribution < -0.4 is 14.8 Å². The van der Waals surface area contributed by atoms with Crippen LogP contribution in [0.3, 0.4) is 0 Å². The van der Waals surface area contributed by atoms with E-state index < -0.39 is 0 Å². The van der Waals surface area contributed by atoms with Gasteiger partial charge in [-0.2, -0.15) is 0 Å². The van der Waals surface area contributed by atoms with Gasteiger partial charge in [-0.15, -0.1) is 0 Å². The summed E-state index contributed by atoms with van der Waals surface area (Å²) in [6.07, 6.45) is 0.746. The summed E-state index contributed by atoms with van der Waals surface area (Å²) in [5, 5.41) is 2.74. The third-order valence-electron chi connectivity index (χ3n) is 3.19. The summed E-state index contributed by atoms with van der Waals surface area (Å²) in [5.41, 5.74) is 0.433. The number of rotatable bonds is 3. The number of hydrogen-bond donors (Lipinski definition) is 1. The molecular weight excluding hydrogens is 260 g/mol. The van der Waals surface area contributed by atoms with Gasteiger partial charge in [0, 0.05) is 19.2 Å². The molecule has 1 aromatic rings. The molecule has 0 aromatic heterocycles. The predicted octanol–water partition coefficient (Wildman–Crippen LogP) is 0.666. The molecule has 1 N–H and O–H groups in total. The molecule has 0 spiro atoms. The summed E-state index contributed by atoms with van der Waals surface area (Å²) in [6.45, 7) is 1.23. The molecular formula is C14H18N2O4. The van der Waals surface area contributed by atoms with E-state index in [1.807, 2.05) is 0 Å². The molecule has 6 nitrogen and oxygen atoms in total. The van der Waals surface area contributed by atoms with E-state index in [0.29, 0.717) is 30.2 Å². The summed E-state index contributed by atoms with van der Waals surface area (Å²) in [7, 11) is 3.05. The first-order chi connectivity index (χ1) is 9.65. The quantitative estimate of drug-likeness (QED) is 0.882. The Morgan fingerprint density at radius 2 is 2.10 bits per heavy atom. The lowest BCUT2D eigenvalue weighted by molar-refractivity contribution is -0.121. The minimum Gasteiger partial charge on any atom is -0.497 e. The number of hydrogen-bond acceptors (Lipinski definition) is 4. The number of carbonyl (C=O) groups excluding carboxylic acids is 2. The van der Waals surface area contributed by atoms with Crippen molar-refractivity contribution in [2.45, 2.75) is 6.42 Å². The normalized spacial score (nSPS) is 15.3. The maximum Gasteiger partial charge on any atom is 0.258 e. The number of nitrogens with zero attached hydrogens (tertiary/aromatic N) is 1. The van der Waals surface area contributed by atoms with Crippen LogP contribution in [-0.2, 0) is 4.79 Å². The Labute approximate surface area is 117 Å². The van der Waals surface area contributed by atoms with Crippen LogP contribution in [0.5, 0.6) is 11.5 Å². The average molecular weight is 278 g/mol. The molecule has 1 aliphatic heterocycles. The number of benzene rings is 1. The van der Waals surface area contributed by atoms with Gasteiger partial charge in [-0.1, -0.05) is 0 Å². The van der Waals surface area contributed by atoms with Crippen molar-refractivity contribution in [2.24, 2.45) is 0 Å². The zero-order chi connectivity index (χ0) is 14.5. The molecule has 1 aromatic carbocycles. The van der Waals surface area contributed by atoms with Crippen LogP contribution in [0.1, 0.15) is 16.8 Å². The molecule has 1 heterocycles. The van der Waals surface area contributed by atoms with E-state index in [-0.39, 0.29) is 18.4 Å². The van der Waals surface area contributed by atoms with E-state index in [1.165, 1.54) is 12.0 Å². The molecule has 0 radical (unpaired) electrons. The monoisotopic (exact) mass is 278 g/mol. The summed E-state index contributed by atoms with van der Waals surface area (Å²) in [6, 6.07) is 5.02. The highest BCUT2D eigenvalue weighted by Crippen LogP contribution is 2.25. The molecule has 0 aliphatic carbocycles. The molecule has 1 saturated heterocycles. The van der Waals surface area contributed by atoms with Gasteiger partial charge < -0.3 is 19.7 Å². The Balaban J connectivity index is 2.25. The Morgan fingerprint density at radius 1 is 1.30 bits per heavy atom. The number of ether oxygens (including phenoxy) is 2. The van der Waals surface area contributed by atoms with E-state index in [0.717, 1.165) is 6.42 Å². The summed E-state index contributed by atoms with van der Waals surface area (Å²) in [5.74, 6) is 0.718. The number of carbonyl (C=O) groups is 2. The van der Waals surface area contributed by atoms with Gasteiger partial charge in [0.15, 0.2) is 0 Å². The van der Waals surface area contributed by atoms with E-state index >= 15 is 0 Å². The second-order valence-corrected chi connectivity index (χ2v) is 4.50.